The monoisotopic (exact) mass is 408 g/mol. The maximum Gasteiger partial charge on any atom is 0.323 e. The van der Waals surface area contributed by atoms with E-state index in [0.717, 1.165) is 16.5 Å². The van der Waals surface area contributed by atoms with Gasteiger partial charge in [0, 0.05) is 18.4 Å². The van der Waals surface area contributed by atoms with Crippen molar-refractivity contribution in [2.24, 2.45) is 0 Å². The Morgan fingerprint density at radius 1 is 1.36 bits per heavy atom. The predicted molar refractivity (Wildman–Crippen MR) is 110 cm³/mol. The standard InChI is InChI=1S/C20H24N2O5.ClH/c1-5-12-7-8-15-14(9-12)17(18(24-3)19(22-15)26-6-2)27-13-10-16(21-11-13)20(23)25-4;/h5,7-9,13,16,21H,1,6,10-11H2,2-4H3;1H/t13-,16+;/m1./s1. The number of benzene rings is 1. The number of halogens is 1. The molecule has 0 aliphatic carbocycles. The molecular weight excluding hydrogens is 384 g/mol. The minimum absolute atomic E-state index is 0. The van der Waals surface area contributed by atoms with E-state index in [0.29, 0.717) is 37.0 Å². The van der Waals surface area contributed by atoms with Crippen LogP contribution in [0.5, 0.6) is 17.4 Å². The second kappa shape index (κ2) is 9.61. The lowest BCUT2D eigenvalue weighted by molar-refractivity contribution is -0.142. The summed E-state index contributed by atoms with van der Waals surface area (Å²) in [6, 6.07) is 5.39. The summed E-state index contributed by atoms with van der Waals surface area (Å²) in [5.41, 5.74) is 1.67. The number of aromatic nitrogens is 1. The lowest BCUT2D eigenvalue weighted by atomic mass is 10.1. The summed E-state index contributed by atoms with van der Waals surface area (Å²) in [5, 5.41) is 3.92. The number of carbonyl (C=O) groups is 1. The summed E-state index contributed by atoms with van der Waals surface area (Å²) in [6.07, 6.45) is 2.05. The van der Waals surface area contributed by atoms with Crippen LogP contribution in [0.2, 0.25) is 0 Å². The zero-order chi connectivity index (χ0) is 19.4. The van der Waals surface area contributed by atoms with Crippen LogP contribution in [0.15, 0.2) is 24.8 Å². The van der Waals surface area contributed by atoms with Gasteiger partial charge in [0.25, 0.3) is 5.88 Å². The zero-order valence-corrected chi connectivity index (χ0v) is 17.0. The topological polar surface area (TPSA) is 78.9 Å². The molecule has 28 heavy (non-hydrogen) atoms. The number of rotatable bonds is 7. The Hall–Kier alpha value is -2.51. The highest BCUT2D eigenvalue weighted by Crippen LogP contribution is 2.42. The molecule has 2 atom stereocenters. The van der Waals surface area contributed by atoms with Crippen LogP contribution in [-0.4, -0.2) is 50.5 Å². The van der Waals surface area contributed by atoms with E-state index in [-0.39, 0.29) is 30.5 Å². The van der Waals surface area contributed by atoms with Crippen molar-refractivity contribution in [2.45, 2.75) is 25.5 Å². The first kappa shape index (κ1) is 21.8. The molecule has 8 heteroatoms. The van der Waals surface area contributed by atoms with Crippen LogP contribution in [-0.2, 0) is 9.53 Å². The Labute approximate surface area is 170 Å². The first-order valence-corrected chi connectivity index (χ1v) is 8.86. The predicted octanol–water partition coefficient (Wildman–Crippen LogP) is 2.99. The van der Waals surface area contributed by atoms with Crippen LogP contribution in [0, 0.1) is 0 Å². The molecule has 7 nitrogen and oxygen atoms in total. The second-order valence-electron chi connectivity index (χ2n) is 6.15. The summed E-state index contributed by atoms with van der Waals surface area (Å²) in [5.74, 6) is 1.07. The number of nitrogens with zero attached hydrogens (tertiary/aromatic N) is 1. The second-order valence-corrected chi connectivity index (χ2v) is 6.15. The van der Waals surface area contributed by atoms with Crippen LogP contribution in [0.1, 0.15) is 18.9 Å². The number of nitrogens with one attached hydrogen (secondary N) is 1. The Morgan fingerprint density at radius 2 is 2.14 bits per heavy atom. The number of methoxy groups -OCH3 is 2. The molecule has 0 bridgehead atoms. The van der Waals surface area contributed by atoms with Crippen molar-refractivity contribution in [3.63, 3.8) is 0 Å². The molecule has 1 aliphatic rings. The average Bonchev–Trinajstić information content (AvgIpc) is 3.16. The number of ether oxygens (including phenoxy) is 4. The molecule has 1 fully saturated rings. The fourth-order valence-electron chi connectivity index (χ4n) is 3.15. The van der Waals surface area contributed by atoms with Crippen molar-refractivity contribution < 1.29 is 23.7 Å². The minimum atomic E-state index is -0.380. The molecule has 0 amide bonds. The fraction of sp³-hybridized carbons (Fsp3) is 0.400. The van der Waals surface area contributed by atoms with E-state index in [9.17, 15) is 4.79 Å². The van der Waals surface area contributed by atoms with E-state index < -0.39 is 0 Å². The van der Waals surface area contributed by atoms with Crippen molar-refractivity contribution in [1.82, 2.24) is 10.3 Å². The molecule has 3 rings (SSSR count). The normalized spacial score (nSPS) is 18.2. The van der Waals surface area contributed by atoms with Gasteiger partial charge in [-0.2, -0.15) is 0 Å². The Bertz CT molecular complexity index is 858. The van der Waals surface area contributed by atoms with Gasteiger partial charge in [0.15, 0.2) is 5.75 Å². The highest BCUT2D eigenvalue weighted by atomic mass is 35.5. The molecule has 2 aromatic rings. The molecule has 0 unspecified atom stereocenters. The zero-order valence-electron chi connectivity index (χ0n) is 16.2. The molecule has 0 spiro atoms. The van der Waals surface area contributed by atoms with Gasteiger partial charge in [-0.25, -0.2) is 4.98 Å². The van der Waals surface area contributed by atoms with Crippen molar-refractivity contribution in [3.05, 3.63) is 30.3 Å². The highest BCUT2D eigenvalue weighted by molar-refractivity contribution is 5.90. The van der Waals surface area contributed by atoms with E-state index in [1.165, 1.54) is 7.11 Å². The lowest BCUT2D eigenvalue weighted by Crippen LogP contribution is -2.31. The molecule has 152 valence electrons. The summed E-state index contributed by atoms with van der Waals surface area (Å²) >= 11 is 0. The Balaban J connectivity index is 0.00000280. The maximum atomic E-state index is 11.8. The summed E-state index contributed by atoms with van der Waals surface area (Å²) in [6.45, 7) is 6.68. The van der Waals surface area contributed by atoms with E-state index in [1.807, 2.05) is 25.1 Å². The van der Waals surface area contributed by atoms with Gasteiger partial charge >= 0.3 is 5.97 Å². The quantitative estimate of drug-likeness (QED) is 0.705. The number of carbonyl (C=O) groups excluding carboxylic acids is 1. The molecular formula is C20H25ClN2O5. The van der Waals surface area contributed by atoms with Gasteiger partial charge in [0.1, 0.15) is 12.1 Å². The first-order valence-electron chi connectivity index (χ1n) is 8.86. The van der Waals surface area contributed by atoms with Gasteiger partial charge in [-0.3, -0.25) is 4.79 Å². The summed E-state index contributed by atoms with van der Waals surface area (Å²) < 4.78 is 22.3. The molecule has 1 aliphatic heterocycles. The minimum Gasteiger partial charge on any atom is -0.489 e. The Morgan fingerprint density at radius 3 is 2.79 bits per heavy atom. The van der Waals surface area contributed by atoms with Gasteiger partial charge in [-0.1, -0.05) is 18.7 Å². The van der Waals surface area contributed by atoms with E-state index >= 15 is 0 Å². The largest absolute Gasteiger partial charge is 0.489 e. The van der Waals surface area contributed by atoms with Crippen LogP contribution in [0.3, 0.4) is 0 Å². The van der Waals surface area contributed by atoms with Crippen molar-refractivity contribution >= 4 is 35.4 Å². The lowest BCUT2D eigenvalue weighted by Gasteiger charge is -2.19. The van der Waals surface area contributed by atoms with Crippen LogP contribution < -0.4 is 19.5 Å². The Kier molecular flexibility index (Phi) is 7.48. The number of pyridine rings is 1. The van der Waals surface area contributed by atoms with Crippen molar-refractivity contribution in [1.29, 1.82) is 0 Å². The number of hydrogen-bond acceptors (Lipinski definition) is 7. The molecule has 1 aromatic heterocycles. The number of esters is 1. The van der Waals surface area contributed by atoms with Gasteiger partial charge < -0.3 is 24.3 Å². The average molecular weight is 409 g/mol. The van der Waals surface area contributed by atoms with Gasteiger partial charge in [0.05, 0.1) is 26.3 Å². The van der Waals surface area contributed by atoms with Crippen molar-refractivity contribution in [2.75, 3.05) is 27.4 Å². The number of hydrogen-bond donors (Lipinski definition) is 1. The summed E-state index contributed by atoms with van der Waals surface area (Å²) in [4.78, 5) is 16.3. The van der Waals surface area contributed by atoms with Crippen LogP contribution >= 0.6 is 12.4 Å². The SMILES string of the molecule is C=Cc1ccc2nc(OCC)c(OC)c(O[C@H]3CN[C@H](C(=O)OC)C3)c2c1.Cl. The third-order valence-electron chi connectivity index (χ3n) is 4.47. The summed E-state index contributed by atoms with van der Waals surface area (Å²) in [7, 11) is 2.93. The third-order valence-corrected chi connectivity index (χ3v) is 4.47. The molecule has 2 heterocycles. The van der Waals surface area contributed by atoms with Crippen LogP contribution in [0.4, 0.5) is 0 Å². The molecule has 1 aromatic carbocycles. The fourth-order valence-corrected chi connectivity index (χ4v) is 3.15. The van der Waals surface area contributed by atoms with E-state index in [1.54, 1.807) is 13.2 Å². The maximum absolute atomic E-state index is 11.8. The van der Waals surface area contributed by atoms with Crippen molar-refractivity contribution in [3.8, 4) is 17.4 Å². The van der Waals surface area contributed by atoms with Crippen LogP contribution in [0.25, 0.3) is 17.0 Å². The molecule has 1 saturated heterocycles. The smallest absolute Gasteiger partial charge is 0.323 e. The first-order chi connectivity index (χ1) is 13.1. The third kappa shape index (κ3) is 4.31. The number of fused-ring (bicyclic) bond motifs is 1. The van der Waals surface area contributed by atoms with Gasteiger partial charge in [-0.15, -0.1) is 12.4 Å². The molecule has 0 radical (unpaired) electrons. The molecule has 1 N–H and O–H groups in total. The molecule has 0 saturated carbocycles. The highest BCUT2D eigenvalue weighted by Gasteiger charge is 2.33. The van der Waals surface area contributed by atoms with E-state index in [4.69, 9.17) is 18.9 Å². The van der Waals surface area contributed by atoms with Gasteiger partial charge in [0.2, 0.25) is 5.75 Å². The van der Waals surface area contributed by atoms with E-state index in [2.05, 4.69) is 16.9 Å². The van der Waals surface area contributed by atoms with Gasteiger partial charge in [-0.05, 0) is 24.6 Å².